The molecule has 15 heavy (non-hydrogen) atoms. The minimum atomic E-state index is -0.802. The standard InChI is InChI=1S/C10H8N2O3/c11-12-5-7-6-3-1-2-4-8(6)15-10(14)9(7)13/h1-5,13H,11H2/b12-5+. The Labute approximate surface area is 84.4 Å². The number of nitrogens with zero attached hydrogens (tertiary/aromatic N) is 1. The lowest BCUT2D eigenvalue weighted by Crippen LogP contribution is -2.03. The predicted octanol–water partition coefficient (Wildman–Crippen LogP) is 0.791. The van der Waals surface area contributed by atoms with Crippen molar-refractivity contribution in [1.82, 2.24) is 0 Å². The molecular formula is C10H8N2O3. The highest BCUT2D eigenvalue weighted by Gasteiger charge is 2.10. The van der Waals surface area contributed by atoms with Crippen molar-refractivity contribution in [3.63, 3.8) is 0 Å². The number of rotatable bonds is 1. The molecule has 0 spiro atoms. The lowest BCUT2D eigenvalue weighted by molar-refractivity contribution is 0.427. The fraction of sp³-hybridized carbons (Fsp3) is 0. The zero-order valence-corrected chi connectivity index (χ0v) is 7.68. The van der Waals surface area contributed by atoms with Gasteiger partial charge in [-0.1, -0.05) is 18.2 Å². The molecular weight excluding hydrogens is 196 g/mol. The molecule has 0 atom stereocenters. The van der Waals surface area contributed by atoms with E-state index in [0.717, 1.165) is 0 Å². The summed E-state index contributed by atoms with van der Waals surface area (Å²) >= 11 is 0. The fourth-order valence-corrected chi connectivity index (χ4v) is 1.37. The molecule has 3 N–H and O–H groups in total. The van der Waals surface area contributed by atoms with E-state index in [0.29, 0.717) is 11.0 Å². The molecule has 0 fully saturated rings. The quantitative estimate of drug-likeness (QED) is 0.311. The number of hydrazone groups is 1. The van der Waals surface area contributed by atoms with Crippen LogP contribution in [0.3, 0.4) is 0 Å². The zero-order chi connectivity index (χ0) is 10.8. The molecule has 0 aliphatic rings. The maximum absolute atomic E-state index is 11.2. The number of para-hydroxylation sites is 1. The first-order chi connectivity index (χ1) is 7.24. The molecule has 0 unspecified atom stereocenters. The minimum absolute atomic E-state index is 0.268. The van der Waals surface area contributed by atoms with E-state index in [1.165, 1.54) is 6.21 Å². The molecule has 76 valence electrons. The average Bonchev–Trinajstić information content (AvgIpc) is 2.25. The molecule has 5 nitrogen and oxygen atoms in total. The van der Waals surface area contributed by atoms with Crippen molar-refractivity contribution < 1.29 is 9.52 Å². The van der Waals surface area contributed by atoms with Crippen LogP contribution in [0.25, 0.3) is 11.0 Å². The molecule has 5 heteroatoms. The summed E-state index contributed by atoms with van der Waals surface area (Å²) in [4.78, 5) is 11.2. The Bertz CT molecular complexity index is 587. The number of fused-ring (bicyclic) bond motifs is 1. The predicted molar refractivity (Wildman–Crippen MR) is 55.9 cm³/mol. The van der Waals surface area contributed by atoms with Gasteiger partial charge in [0.1, 0.15) is 5.58 Å². The summed E-state index contributed by atoms with van der Waals surface area (Å²) in [6, 6.07) is 6.82. The van der Waals surface area contributed by atoms with Crippen LogP contribution in [0, 0.1) is 0 Å². The van der Waals surface area contributed by atoms with Crippen molar-refractivity contribution in [3.05, 3.63) is 40.2 Å². The van der Waals surface area contributed by atoms with Gasteiger partial charge in [-0.3, -0.25) is 0 Å². The van der Waals surface area contributed by atoms with Crippen molar-refractivity contribution in [2.24, 2.45) is 10.9 Å². The smallest absolute Gasteiger partial charge is 0.379 e. The van der Waals surface area contributed by atoms with Crippen LogP contribution in [-0.4, -0.2) is 11.3 Å². The van der Waals surface area contributed by atoms with Gasteiger partial charge in [-0.2, -0.15) is 5.10 Å². The molecule has 0 aliphatic carbocycles. The molecule has 1 heterocycles. The third kappa shape index (κ3) is 1.43. The Hall–Kier alpha value is -2.30. The SMILES string of the molecule is N/N=C/c1c(O)c(=O)oc2ccccc12. The molecule has 0 saturated carbocycles. The van der Waals surface area contributed by atoms with Crippen LogP contribution >= 0.6 is 0 Å². The lowest BCUT2D eigenvalue weighted by Gasteiger charge is -2.01. The fourth-order valence-electron chi connectivity index (χ4n) is 1.37. The van der Waals surface area contributed by atoms with Crippen LogP contribution in [0.1, 0.15) is 5.56 Å². The molecule has 2 rings (SSSR count). The van der Waals surface area contributed by atoms with Gasteiger partial charge in [0.25, 0.3) is 0 Å². The Kier molecular flexibility index (Phi) is 2.13. The second-order valence-corrected chi connectivity index (χ2v) is 2.93. The van der Waals surface area contributed by atoms with Crippen molar-refractivity contribution in [2.45, 2.75) is 0 Å². The van der Waals surface area contributed by atoms with Crippen LogP contribution in [0.4, 0.5) is 0 Å². The maximum Gasteiger partial charge on any atom is 0.379 e. The first-order valence-corrected chi connectivity index (χ1v) is 4.22. The Morgan fingerprint density at radius 1 is 1.40 bits per heavy atom. The van der Waals surface area contributed by atoms with Gasteiger partial charge in [0.05, 0.1) is 11.8 Å². The van der Waals surface area contributed by atoms with Crippen LogP contribution in [0.2, 0.25) is 0 Å². The molecule has 2 aromatic rings. The highest BCUT2D eigenvalue weighted by Crippen LogP contribution is 2.21. The Morgan fingerprint density at radius 2 is 2.13 bits per heavy atom. The zero-order valence-electron chi connectivity index (χ0n) is 7.68. The van der Waals surface area contributed by atoms with E-state index in [9.17, 15) is 9.90 Å². The van der Waals surface area contributed by atoms with Gasteiger partial charge < -0.3 is 15.4 Å². The molecule has 0 aliphatic heterocycles. The van der Waals surface area contributed by atoms with E-state index < -0.39 is 11.4 Å². The monoisotopic (exact) mass is 204 g/mol. The second kappa shape index (κ2) is 3.45. The first kappa shape index (κ1) is 9.26. The van der Waals surface area contributed by atoms with Crippen molar-refractivity contribution in [2.75, 3.05) is 0 Å². The first-order valence-electron chi connectivity index (χ1n) is 4.22. The van der Waals surface area contributed by atoms with Crippen LogP contribution in [-0.2, 0) is 0 Å². The van der Waals surface area contributed by atoms with Crippen LogP contribution in [0.5, 0.6) is 5.75 Å². The van der Waals surface area contributed by atoms with E-state index in [1.54, 1.807) is 24.3 Å². The summed E-state index contributed by atoms with van der Waals surface area (Å²) in [6.45, 7) is 0. The highest BCUT2D eigenvalue weighted by atomic mass is 16.4. The van der Waals surface area contributed by atoms with Crippen molar-refractivity contribution in [3.8, 4) is 5.75 Å². The van der Waals surface area contributed by atoms with Gasteiger partial charge in [0, 0.05) is 5.39 Å². The van der Waals surface area contributed by atoms with Gasteiger partial charge in [-0.05, 0) is 6.07 Å². The van der Waals surface area contributed by atoms with E-state index >= 15 is 0 Å². The molecule has 1 aromatic carbocycles. The van der Waals surface area contributed by atoms with E-state index in [4.69, 9.17) is 10.3 Å². The number of nitrogens with two attached hydrogens (primary N) is 1. The summed E-state index contributed by atoms with van der Waals surface area (Å²) < 4.78 is 4.87. The molecule has 1 aromatic heterocycles. The van der Waals surface area contributed by atoms with Crippen LogP contribution < -0.4 is 11.5 Å². The minimum Gasteiger partial charge on any atom is -0.501 e. The molecule has 0 amide bonds. The van der Waals surface area contributed by atoms with Crippen LogP contribution in [0.15, 0.2) is 38.6 Å². The molecule has 0 radical (unpaired) electrons. The van der Waals surface area contributed by atoms with Crippen molar-refractivity contribution >= 4 is 17.2 Å². The Balaban J connectivity index is 2.95. The normalized spacial score (nSPS) is 11.2. The number of benzene rings is 1. The topological polar surface area (TPSA) is 88.8 Å². The number of hydrogen-bond donors (Lipinski definition) is 2. The van der Waals surface area contributed by atoms with Gasteiger partial charge in [-0.15, -0.1) is 0 Å². The van der Waals surface area contributed by atoms with E-state index in [2.05, 4.69) is 5.10 Å². The van der Waals surface area contributed by atoms with Crippen molar-refractivity contribution in [1.29, 1.82) is 0 Å². The summed E-state index contributed by atoms with van der Waals surface area (Å²) in [5.41, 5.74) is -0.150. The lowest BCUT2D eigenvalue weighted by atomic mass is 10.1. The Morgan fingerprint density at radius 3 is 2.87 bits per heavy atom. The third-order valence-corrected chi connectivity index (χ3v) is 2.03. The van der Waals surface area contributed by atoms with Gasteiger partial charge >= 0.3 is 5.63 Å². The summed E-state index contributed by atoms with van der Waals surface area (Å²) in [6.07, 6.45) is 1.22. The van der Waals surface area contributed by atoms with Gasteiger partial charge in [0.15, 0.2) is 0 Å². The summed E-state index contributed by atoms with van der Waals surface area (Å²) in [5.74, 6) is 4.51. The average molecular weight is 204 g/mol. The van der Waals surface area contributed by atoms with Gasteiger partial charge in [-0.25, -0.2) is 4.79 Å². The van der Waals surface area contributed by atoms with E-state index in [-0.39, 0.29) is 5.56 Å². The number of hydrogen-bond acceptors (Lipinski definition) is 5. The summed E-state index contributed by atoms with van der Waals surface area (Å²) in [5, 5.41) is 13.4. The molecule has 0 bridgehead atoms. The number of aromatic hydroxyl groups is 1. The van der Waals surface area contributed by atoms with E-state index in [1.807, 2.05) is 0 Å². The largest absolute Gasteiger partial charge is 0.501 e. The summed E-state index contributed by atoms with van der Waals surface area (Å²) in [7, 11) is 0. The molecule has 0 saturated heterocycles. The maximum atomic E-state index is 11.2. The highest BCUT2D eigenvalue weighted by molar-refractivity contribution is 5.99. The third-order valence-electron chi connectivity index (χ3n) is 2.03. The second-order valence-electron chi connectivity index (χ2n) is 2.93. The van der Waals surface area contributed by atoms with Gasteiger partial charge in [0.2, 0.25) is 5.75 Å².